The van der Waals surface area contributed by atoms with Crippen LogP contribution in [0.25, 0.3) is 5.69 Å². The average Bonchev–Trinajstić information content (AvgIpc) is 3.05. The number of anilines is 1. The average molecular weight is 387 g/mol. The lowest BCUT2D eigenvalue weighted by Gasteiger charge is -2.23. The fourth-order valence-corrected chi connectivity index (χ4v) is 4.02. The van der Waals surface area contributed by atoms with Crippen molar-refractivity contribution in [2.45, 2.75) is 46.5 Å². The van der Waals surface area contributed by atoms with Crippen molar-refractivity contribution in [2.24, 2.45) is 0 Å². The van der Waals surface area contributed by atoms with Gasteiger partial charge >= 0.3 is 0 Å². The molecule has 1 atom stereocenters. The fraction of sp³-hybridized carbons (Fsp3) is 0.292. The number of hydrogen-bond donors (Lipinski definition) is 1. The molecule has 0 fully saturated rings. The van der Waals surface area contributed by atoms with Gasteiger partial charge in [0.05, 0.1) is 17.3 Å². The van der Waals surface area contributed by atoms with Crippen molar-refractivity contribution in [1.29, 1.82) is 0 Å². The molecule has 0 saturated carbocycles. The summed E-state index contributed by atoms with van der Waals surface area (Å²) < 4.78 is 1.77. The smallest absolute Gasteiger partial charge is 0.226 e. The molecule has 2 aromatic carbocycles. The number of nitrogens with one attached hydrogen (secondary N) is 1. The molecule has 0 unspecified atom stereocenters. The van der Waals surface area contributed by atoms with Crippen LogP contribution in [0.15, 0.2) is 42.5 Å². The van der Waals surface area contributed by atoms with Crippen molar-refractivity contribution in [3.8, 4) is 5.69 Å². The maximum atomic E-state index is 13.3. The van der Waals surface area contributed by atoms with E-state index in [-0.39, 0.29) is 18.1 Å². The van der Waals surface area contributed by atoms with Crippen molar-refractivity contribution in [1.82, 2.24) is 9.78 Å². The van der Waals surface area contributed by atoms with E-state index in [9.17, 15) is 9.59 Å². The molecule has 0 aliphatic carbocycles. The first-order valence-electron chi connectivity index (χ1n) is 9.99. The van der Waals surface area contributed by atoms with Gasteiger partial charge in [-0.15, -0.1) is 0 Å². The van der Waals surface area contributed by atoms with Crippen molar-refractivity contribution in [3.63, 3.8) is 0 Å². The summed E-state index contributed by atoms with van der Waals surface area (Å²) in [6.07, 6.45) is 1.06. The monoisotopic (exact) mass is 387 g/mol. The number of benzene rings is 2. The highest BCUT2D eigenvalue weighted by Crippen LogP contribution is 2.38. The molecule has 1 aliphatic rings. The number of hydrogen-bond acceptors (Lipinski definition) is 3. The molecule has 1 aromatic heterocycles. The number of amides is 1. The SMILES string of the molecule is CCc1ccc(C(=O)[C@H]2CC(=O)Nc3c2c(C)nn3-c2cccc(C)c2C)cc1. The summed E-state index contributed by atoms with van der Waals surface area (Å²) in [4.78, 5) is 25.8. The molecular weight excluding hydrogens is 362 g/mol. The molecule has 148 valence electrons. The fourth-order valence-electron chi connectivity index (χ4n) is 4.02. The molecule has 3 aromatic rings. The van der Waals surface area contributed by atoms with Crippen LogP contribution in [0, 0.1) is 20.8 Å². The summed E-state index contributed by atoms with van der Waals surface area (Å²) in [5, 5.41) is 7.66. The number of aromatic nitrogens is 2. The van der Waals surface area contributed by atoms with E-state index < -0.39 is 5.92 Å². The Kier molecular flexibility index (Phi) is 4.82. The zero-order chi connectivity index (χ0) is 20.7. The Balaban J connectivity index is 1.81. The van der Waals surface area contributed by atoms with Crippen molar-refractivity contribution < 1.29 is 9.59 Å². The summed E-state index contributed by atoms with van der Waals surface area (Å²) in [6, 6.07) is 13.7. The first-order chi connectivity index (χ1) is 13.9. The van der Waals surface area contributed by atoms with Gasteiger partial charge in [-0.1, -0.05) is 43.3 Å². The van der Waals surface area contributed by atoms with Crippen LogP contribution < -0.4 is 5.32 Å². The zero-order valence-corrected chi connectivity index (χ0v) is 17.2. The second kappa shape index (κ2) is 7.32. The van der Waals surface area contributed by atoms with E-state index in [1.165, 1.54) is 5.56 Å². The highest BCUT2D eigenvalue weighted by molar-refractivity contribution is 6.08. The van der Waals surface area contributed by atoms with E-state index in [0.717, 1.165) is 34.5 Å². The number of rotatable bonds is 4. The van der Waals surface area contributed by atoms with Gasteiger partial charge in [-0.3, -0.25) is 9.59 Å². The van der Waals surface area contributed by atoms with Crippen molar-refractivity contribution >= 4 is 17.5 Å². The largest absolute Gasteiger partial charge is 0.310 e. The van der Waals surface area contributed by atoms with Crippen molar-refractivity contribution in [3.05, 3.63) is 76.0 Å². The molecule has 0 radical (unpaired) electrons. The summed E-state index contributed by atoms with van der Waals surface area (Å²) in [6.45, 7) is 8.07. The maximum absolute atomic E-state index is 13.3. The molecule has 1 N–H and O–H groups in total. The molecule has 5 nitrogen and oxygen atoms in total. The first kappa shape index (κ1) is 19.1. The van der Waals surface area contributed by atoms with E-state index >= 15 is 0 Å². The van der Waals surface area contributed by atoms with Crippen LogP contribution >= 0.6 is 0 Å². The zero-order valence-electron chi connectivity index (χ0n) is 17.2. The number of nitrogens with zero attached hydrogens (tertiary/aromatic N) is 2. The van der Waals surface area contributed by atoms with Gasteiger partial charge in [-0.2, -0.15) is 5.10 Å². The minimum Gasteiger partial charge on any atom is -0.310 e. The van der Waals surface area contributed by atoms with Crippen LogP contribution in [0.5, 0.6) is 0 Å². The van der Waals surface area contributed by atoms with Gasteiger partial charge in [-0.05, 0) is 49.9 Å². The quantitative estimate of drug-likeness (QED) is 0.662. The number of ketones is 1. The number of carbonyl (C=O) groups excluding carboxylic acids is 2. The Morgan fingerprint density at radius 3 is 2.55 bits per heavy atom. The number of Topliss-reactive ketones (excluding diaryl/α,β-unsaturated/α-hetero) is 1. The Bertz CT molecular complexity index is 1110. The molecule has 4 rings (SSSR count). The van der Waals surface area contributed by atoms with E-state index in [0.29, 0.717) is 11.4 Å². The van der Waals surface area contributed by atoms with Crippen LogP contribution in [-0.4, -0.2) is 21.5 Å². The molecular formula is C24H25N3O2. The highest BCUT2D eigenvalue weighted by atomic mass is 16.2. The molecule has 29 heavy (non-hydrogen) atoms. The van der Waals surface area contributed by atoms with Gasteiger partial charge in [0.15, 0.2) is 5.78 Å². The summed E-state index contributed by atoms with van der Waals surface area (Å²) in [7, 11) is 0. The molecule has 2 heterocycles. The standard InChI is InChI=1S/C24H25N3O2/c1-5-17-9-11-18(12-10-17)23(29)19-13-21(28)25-24-22(19)16(4)26-27(24)20-8-6-7-14(2)15(20)3/h6-12,19H,5,13H2,1-4H3,(H,25,28)/t19-/m0/s1. The van der Waals surface area contributed by atoms with Gasteiger partial charge < -0.3 is 5.32 Å². The molecule has 1 amide bonds. The molecule has 0 spiro atoms. The number of aryl methyl sites for hydroxylation is 3. The molecule has 1 aliphatic heterocycles. The summed E-state index contributed by atoms with van der Waals surface area (Å²) in [5.74, 6) is -0.110. The van der Waals surface area contributed by atoms with Gasteiger partial charge in [0.2, 0.25) is 5.91 Å². The summed E-state index contributed by atoms with van der Waals surface area (Å²) in [5.41, 5.74) is 6.55. The van der Waals surface area contributed by atoms with Gasteiger partial charge in [0, 0.05) is 17.5 Å². The van der Waals surface area contributed by atoms with Gasteiger partial charge in [0.25, 0.3) is 0 Å². The van der Waals surface area contributed by atoms with E-state index in [4.69, 9.17) is 5.10 Å². The minimum atomic E-state index is -0.523. The topological polar surface area (TPSA) is 64.0 Å². The van der Waals surface area contributed by atoms with Gasteiger partial charge in [0.1, 0.15) is 5.82 Å². The second-order valence-corrected chi connectivity index (χ2v) is 7.70. The Labute approximate surface area is 170 Å². The Morgan fingerprint density at radius 1 is 1.14 bits per heavy atom. The molecule has 5 heteroatoms. The van der Waals surface area contributed by atoms with Gasteiger partial charge in [-0.25, -0.2) is 4.68 Å². The van der Waals surface area contributed by atoms with E-state index in [1.807, 2.05) is 63.2 Å². The van der Waals surface area contributed by atoms with Crippen LogP contribution in [0.4, 0.5) is 5.82 Å². The number of fused-ring (bicyclic) bond motifs is 1. The maximum Gasteiger partial charge on any atom is 0.226 e. The Morgan fingerprint density at radius 2 is 1.86 bits per heavy atom. The van der Waals surface area contributed by atoms with Crippen LogP contribution in [-0.2, 0) is 11.2 Å². The predicted molar refractivity (Wildman–Crippen MR) is 114 cm³/mol. The normalized spacial score (nSPS) is 15.7. The lowest BCUT2D eigenvalue weighted by molar-refractivity contribution is -0.116. The third-order valence-electron chi connectivity index (χ3n) is 5.87. The van der Waals surface area contributed by atoms with Crippen LogP contribution in [0.3, 0.4) is 0 Å². The lowest BCUT2D eigenvalue weighted by atomic mass is 9.85. The van der Waals surface area contributed by atoms with Crippen molar-refractivity contribution in [2.75, 3.05) is 5.32 Å². The predicted octanol–water partition coefficient (Wildman–Crippen LogP) is 4.67. The number of carbonyl (C=O) groups is 2. The second-order valence-electron chi connectivity index (χ2n) is 7.70. The minimum absolute atomic E-state index is 0.0348. The first-order valence-corrected chi connectivity index (χ1v) is 9.99. The van der Waals surface area contributed by atoms with Crippen LogP contribution in [0.2, 0.25) is 0 Å². The molecule has 0 saturated heterocycles. The highest BCUT2D eigenvalue weighted by Gasteiger charge is 2.36. The van der Waals surface area contributed by atoms with E-state index in [2.05, 4.69) is 12.2 Å². The lowest BCUT2D eigenvalue weighted by Crippen LogP contribution is -2.28. The summed E-state index contributed by atoms with van der Waals surface area (Å²) >= 11 is 0. The Hall–Kier alpha value is -3.21. The van der Waals surface area contributed by atoms with E-state index in [1.54, 1.807) is 4.68 Å². The van der Waals surface area contributed by atoms with Crippen LogP contribution in [0.1, 0.15) is 57.6 Å². The third-order valence-corrected chi connectivity index (χ3v) is 5.87. The molecule has 0 bridgehead atoms. The third kappa shape index (κ3) is 3.27.